The number of nitrogens with one attached hydrogen (secondary N) is 1. The Hall–Kier alpha value is -2.68. The minimum atomic E-state index is -0.523. The number of rotatable bonds is 10. The van der Waals surface area contributed by atoms with E-state index in [-0.39, 0.29) is 30.1 Å². The molecule has 1 saturated heterocycles. The summed E-state index contributed by atoms with van der Waals surface area (Å²) in [4.78, 5) is 41.2. The number of halogens is 3. The van der Waals surface area contributed by atoms with E-state index in [1.165, 1.54) is 12.1 Å². The third kappa shape index (κ3) is 7.66. The van der Waals surface area contributed by atoms with Gasteiger partial charge in [0.15, 0.2) is 0 Å². The third-order valence-electron chi connectivity index (χ3n) is 6.37. The fourth-order valence-electron chi connectivity index (χ4n) is 4.40. The normalized spacial score (nSPS) is 17.0. The molecule has 1 radical (unpaired) electrons. The molecule has 0 aromatic heterocycles. The van der Waals surface area contributed by atoms with Gasteiger partial charge in [-0.1, -0.05) is 41.4 Å². The topological polar surface area (TPSA) is 95.7 Å². The second kappa shape index (κ2) is 13.0. The average molecular weight is 536 g/mol. The van der Waals surface area contributed by atoms with E-state index < -0.39 is 11.9 Å². The molecular formula is C26H30Cl2FN4O3. The van der Waals surface area contributed by atoms with Crippen molar-refractivity contribution < 1.29 is 18.8 Å². The molecule has 2 aromatic rings. The van der Waals surface area contributed by atoms with Crippen LogP contribution in [0.4, 0.5) is 4.39 Å². The monoisotopic (exact) mass is 535 g/mol. The number of likely N-dealkylation sites (N-methyl/N-ethyl adjacent to an activating group) is 1. The van der Waals surface area contributed by atoms with E-state index in [0.29, 0.717) is 48.9 Å². The zero-order valence-corrected chi connectivity index (χ0v) is 21.6. The van der Waals surface area contributed by atoms with Crippen LogP contribution in [0.1, 0.15) is 24.0 Å². The SMILES string of the molecule is CNC(=O)C(Cc1ccc(Cl)cc1Cl)N1CCN(C(=O)[CH]Cc2ccc(F)cc2)C(CCC(N)=O)C1. The second-order valence-corrected chi connectivity index (χ2v) is 9.63. The van der Waals surface area contributed by atoms with Crippen molar-refractivity contribution in [2.45, 2.75) is 37.8 Å². The predicted octanol–water partition coefficient (Wildman–Crippen LogP) is 3.01. The molecule has 1 aliphatic heterocycles. The van der Waals surface area contributed by atoms with Crippen LogP contribution in [0.3, 0.4) is 0 Å². The minimum absolute atomic E-state index is 0.119. The molecule has 2 aromatic carbocycles. The van der Waals surface area contributed by atoms with Crippen molar-refractivity contribution in [3.63, 3.8) is 0 Å². The van der Waals surface area contributed by atoms with E-state index in [2.05, 4.69) is 5.32 Å². The van der Waals surface area contributed by atoms with Gasteiger partial charge in [0.2, 0.25) is 17.7 Å². The van der Waals surface area contributed by atoms with Gasteiger partial charge in [0.25, 0.3) is 0 Å². The highest BCUT2D eigenvalue weighted by molar-refractivity contribution is 6.35. The molecule has 0 bridgehead atoms. The number of amides is 3. The molecule has 193 valence electrons. The van der Waals surface area contributed by atoms with Crippen LogP contribution >= 0.6 is 23.2 Å². The minimum Gasteiger partial charge on any atom is -0.370 e. The van der Waals surface area contributed by atoms with Gasteiger partial charge in [0, 0.05) is 49.2 Å². The largest absolute Gasteiger partial charge is 0.370 e. The quantitative estimate of drug-likeness (QED) is 0.488. The smallest absolute Gasteiger partial charge is 0.237 e. The van der Waals surface area contributed by atoms with E-state index in [1.54, 1.807) is 48.7 Å². The van der Waals surface area contributed by atoms with Crippen LogP contribution in [0.25, 0.3) is 0 Å². The van der Waals surface area contributed by atoms with Gasteiger partial charge in [-0.15, -0.1) is 0 Å². The van der Waals surface area contributed by atoms with Crippen LogP contribution in [0, 0.1) is 12.2 Å². The Kier molecular flexibility index (Phi) is 10.1. The molecule has 36 heavy (non-hydrogen) atoms. The van der Waals surface area contributed by atoms with Gasteiger partial charge >= 0.3 is 0 Å². The number of piperazine rings is 1. The molecule has 3 rings (SSSR count). The fourth-order valence-corrected chi connectivity index (χ4v) is 4.89. The summed E-state index contributed by atoms with van der Waals surface area (Å²) in [6.45, 7) is 1.24. The van der Waals surface area contributed by atoms with Crippen molar-refractivity contribution in [3.8, 4) is 0 Å². The Bertz CT molecular complexity index is 1080. The van der Waals surface area contributed by atoms with Crippen molar-refractivity contribution in [1.82, 2.24) is 15.1 Å². The number of nitrogens with zero attached hydrogens (tertiary/aromatic N) is 2. The Morgan fingerprint density at radius 3 is 2.53 bits per heavy atom. The third-order valence-corrected chi connectivity index (χ3v) is 6.95. The standard InChI is InChI=1S/C26H30Cl2FN4O3/c1-31-26(36)23(14-18-5-6-19(27)15-22(18)28)32-12-13-33(21(16-32)9-10-24(30)34)25(35)11-4-17-2-7-20(29)8-3-17/h2-3,5-8,11,15,21,23H,4,9-10,12-14,16H2,1H3,(H2,30,34)(H,31,36). The fraction of sp³-hybridized carbons (Fsp3) is 0.385. The Balaban J connectivity index is 1.74. The van der Waals surface area contributed by atoms with Gasteiger partial charge in [-0.05, 0) is 54.7 Å². The van der Waals surface area contributed by atoms with Gasteiger partial charge in [0.05, 0.1) is 12.5 Å². The second-order valence-electron chi connectivity index (χ2n) is 8.79. The number of carbonyl (C=O) groups excluding carboxylic acids is 3. The van der Waals surface area contributed by atoms with E-state index in [9.17, 15) is 18.8 Å². The van der Waals surface area contributed by atoms with Crippen molar-refractivity contribution in [2.75, 3.05) is 26.7 Å². The highest BCUT2D eigenvalue weighted by atomic mass is 35.5. The lowest BCUT2D eigenvalue weighted by molar-refractivity contribution is -0.135. The van der Waals surface area contributed by atoms with Gasteiger partial charge in [-0.25, -0.2) is 4.39 Å². The molecule has 1 fully saturated rings. The maximum absolute atomic E-state index is 13.2. The van der Waals surface area contributed by atoms with Gasteiger partial charge in [0.1, 0.15) is 5.82 Å². The number of hydrogen-bond acceptors (Lipinski definition) is 4. The number of primary amides is 1. The summed E-state index contributed by atoms with van der Waals surface area (Å²) >= 11 is 12.4. The summed E-state index contributed by atoms with van der Waals surface area (Å²) in [5.41, 5.74) is 6.99. The Morgan fingerprint density at radius 1 is 1.17 bits per heavy atom. The molecule has 1 aliphatic rings. The molecule has 0 aliphatic carbocycles. The highest BCUT2D eigenvalue weighted by Crippen LogP contribution is 2.25. The van der Waals surface area contributed by atoms with Crippen LogP contribution < -0.4 is 11.1 Å². The molecule has 10 heteroatoms. The zero-order valence-electron chi connectivity index (χ0n) is 20.1. The summed E-state index contributed by atoms with van der Waals surface area (Å²) in [6.07, 6.45) is 2.78. The first kappa shape index (κ1) is 27.9. The van der Waals surface area contributed by atoms with Crippen molar-refractivity contribution in [3.05, 3.63) is 75.9 Å². The first-order valence-electron chi connectivity index (χ1n) is 11.7. The molecule has 0 spiro atoms. The lowest BCUT2D eigenvalue weighted by Crippen LogP contribution is -2.60. The van der Waals surface area contributed by atoms with Crippen molar-refractivity contribution >= 4 is 40.9 Å². The van der Waals surface area contributed by atoms with E-state index in [1.807, 2.05) is 4.90 Å². The van der Waals surface area contributed by atoms with Crippen LogP contribution in [0.5, 0.6) is 0 Å². The van der Waals surface area contributed by atoms with Gasteiger partial charge < -0.3 is 16.0 Å². The molecule has 2 unspecified atom stereocenters. The van der Waals surface area contributed by atoms with E-state index in [0.717, 1.165) is 11.1 Å². The Labute approximate surface area is 220 Å². The number of hydrogen-bond donors (Lipinski definition) is 2. The van der Waals surface area contributed by atoms with E-state index in [4.69, 9.17) is 28.9 Å². The van der Waals surface area contributed by atoms with Crippen LogP contribution in [0.2, 0.25) is 10.0 Å². The van der Waals surface area contributed by atoms with Gasteiger partial charge in [-0.2, -0.15) is 0 Å². The van der Waals surface area contributed by atoms with Crippen molar-refractivity contribution in [2.24, 2.45) is 5.73 Å². The summed E-state index contributed by atoms with van der Waals surface area (Å²) in [7, 11) is 1.58. The maximum Gasteiger partial charge on any atom is 0.237 e. The predicted molar refractivity (Wildman–Crippen MR) is 138 cm³/mol. The number of benzene rings is 2. The lowest BCUT2D eigenvalue weighted by atomic mass is 9.99. The summed E-state index contributed by atoms with van der Waals surface area (Å²) in [5, 5.41) is 3.71. The van der Waals surface area contributed by atoms with Gasteiger partial charge in [-0.3, -0.25) is 19.3 Å². The molecule has 1 heterocycles. The summed E-state index contributed by atoms with van der Waals surface area (Å²) in [6, 6.07) is 10.3. The zero-order chi connectivity index (χ0) is 26.2. The van der Waals surface area contributed by atoms with Crippen LogP contribution in [-0.2, 0) is 27.2 Å². The highest BCUT2D eigenvalue weighted by Gasteiger charge is 2.36. The van der Waals surface area contributed by atoms with E-state index >= 15 is 0 Å². The summed E-state index contributed by atoms with van der Waals surface area (Å²) in [5.74, 6) is -1.13. The molecule has 2 atom stereocenters. The van der Waals surface area contributed by atoms with Crippen LogP contribution in [-0.4, -0.2) is 66.3 Å². The molecule has 0 saturated carbocycles. The van der Waals surface area contributed by atoms with Crippen molar-refractivity contribution in [1.29, 1.82) is 0 Å². The Morgan fingerprint density at radius 2 is 1.89 bits per heavy atom. The molecular weight excluding hydrogens is 506 g/mol. The van der Waals surface area contributed by atoms with Crippen LogP contribution in [0.15, 0.2) is 42.5 Å². The summed E-state index contributed by atoms with van der Waals surface area (Å²) < 4.78 is 13.2. The number of carbonyl (C=O) groups is 3. The molecule has 3 amide bonds. The lowest BCUT2D eigenvalue weighted by Gasteiger charge is -2.44. The maximum atomic E-state index is 13.2. The first-order chi connectivity index (χ1) is 17.2. The number of nitrogens with two attached hydrogens (primary N) is 1. The molecule has 7 nitrogen and oxygen atoms in total. The first-order valence-corrected chi connectivity index (χ1v) is 12.5. The molecule has 3 N–H and O–H groups in total. The average Bonchev–Trinajstić information content (AvgIpc) is 2.86.